The highest BCUT2D eigenvalue weighted by molar-refractivity contribution is 5.73. The van der Waals surface area contributed by atoms with E-state index in [0.29, 0.717) is 30.5 Å². The number of amides is 2. The van der Waals surface area contributed by atoms with E-state index in [9.17, 15) is 4.79 Å². The number of rotatable bonds is 6. The van der Waals surface area contributed by atoms with Crippen molar-refractivity contribution >= 4 is 11.7 Å². The second-order valence-electron chi connectivity index (χ2n) is 3.85. The van der Waals surface area contributed by atoms with Gasteiger partial charge in [-0.2, -0.15) is 0 Å². The van der Waals surface area contributed by atoms with Crippen LogP contribution in [0, 0.1) is 0 Å². The smallest absolute Gasteiger partial charge is 0.315 e. The minimum absolute atomic E-state index is 0.243. The summed E-state index contributed by atoms with van der Waals surface area (Å²) in [6, 6.07) is -0.292. The second-order valence-corrected chi connectivity index (χ2v) is 3.85. The maximum Gasteiger partial charge on any atom is 0.315 e. The van der Waals surface area contributed by atoms with Crippen LogP contribution in [0.1, 0.15) is 5.82 Å². The van der Waals surface area contributed by atoms with Crippen LogP contribution < -0.4 is 15.4 Å². The molecule has 2 heterocycles. The summed E-state index contributed by atoms with van der Waals surface area (Å²) in [5.41, 5.74) is 0.506. The lowest BCUT2D eigenvalue weighted by atomic mass is 10.5. The fourth-order valence-corrected chi connectivity index (χ4v) is 1.60. The minimum atomic E-state index is -0.292. The van der Waals surface area contributed by atoms with Crippen LogP contribution in [0.5, 0.6) is 5.88 Å². The maximum atomic E-state index is 11.5. The highest BCUT2D eigenvalue weighted by Crippen LogP contribution is 2.13. The van der Waals surface area contributed by atoms with Crippen molar-refractivity contribution in [3.63, 3.8) is 0 Å². The number of carbonyl (C=O) groups is 1. The normalized spacial score (nSPS) is 10.5. The van der Waals surface area contributed by atoms with Crippen LogP contribution in [0.2, 0.25) is 0 Å². The van der Waals surface area contributed by atoms with Crippen molar-refractivity contribution in [2.45, 2.75) is 6.54 Å². The van der Waals surface area contributed by atoms with Gasteiger partial charge in [0.1, 0.15) is 0 Å². The standard InChI is InChI=1S/C11H16N6O3/c1-19-6-4-13-11(18)14-7-8-15-16-9-10(20-2)12-3-5-17(8)9/h3,5H,4,6-7H2,1-2H3,(H2,13,14,18). The van der Waals surface area contributed by atoms with Gasteiger partial charge in [0.05, 0.1) is 20.3 Å². The number of hydrogen-bond donors (Lipinski definition) is 2. The summed E-state index contributed by atoms with van der Waals surface area (Å²) in [6.07, 6.45) is 3.29. The number of ether oxygens (including phenoxy) is 2. The molecule has 0 aromatic carbocycles. The van der Waals surface area contributed by atoms with E-state index in [-0.39, 0.29) is 12.6 Å². The number of fused-ring (bicyclic) bond motifs is 1. The first-order valence-corrected chi connectivity index (χ1v) is 5.99. The Bertz CT molecular complexity index is 585. The molecule has 0 bridgehead atoms. The third-order valence-corrected chi connectivity index (χ3v) is 2.56. The van der Waals surface area contributed by atoms with Crippen molar-refractivity contribution in [3.05, 3.63) is 18.2 Å². The number of nitrogens with one attached hydrogen (secondary N) is 2. The van der Waals surface area contributed by atoms with Gasteiger partial charge in [0.15, 0.2) is 5.82 Å². The minimum Gasteiger partial charge on any atom is -0.478 e. The predicted molar refractivity (Wildman–Crippen MR) is 69.4 cm³/mol. The van der Waals surface area contributed by atoms with Gasteiger partial charge >= 0.3 is 6.03 Å². The van der Waals surface area contributed by atoms with Crippen LogP contribution in [0.15, 0.2) is 12.4 Å². The predicted octanol–water partition coefficient (Wildman–Crippen LogP) is -0.421. The van der Waals surface area contributed by atoms with Gasteiger partial charge < -0.3 is 20.1 Å². The van der Waals surface area contributed by atoms with Crippen molar-refractivity contribution in [1.29, 1.82) is 0 Å². The zero-order chi connectivity index (χ0) is 14.4. The van der Waals surface area contributed by atoms with Gasteiger partial charge in [-0.05, 0) is 0 Å². The zero-order valence-electron chi connectivity index (χ0n) is 11.3. The van der Waals surface area contributed by atoms with E-state index in [1.54, 1.807) is 23.9 Å². The molecule has 0 atom stereocenters. The van der Waals surface area contributed by atoms with Crippen LogP contribution >= 0.6 is 0 Å². The Kier molecular flexibility index (Phi) is 4.66. The number of urea groups is 1. The molecule has 2 aromatic heterocycles. The first kappa shape index (κ1) is 14.0. The largest absolute Gasteiger partial charge is 0.478 e. The number of aromatic nitrogens is 4. The molecule has 0 aliphatic carbocycles. The molecule has 2 amide bonds. The fourth-order valence-electron chi connectivity index (χ4n) is 1.60. The fraction of sp³-hybridized carbons (Fsp3) is 0.455. The number of nitrogens with zero attached hydrogens (tertiary/aromatic N) is 4. The Morgan fingerprint density at radius 3 is 2.95 bits per heavy atom. The van der Waals surface area contributed by atoms with Gasteiger partial charge in [0, 0.05) is 26.0 Å². The van der Waals surface area contributed by atoms with Crippen LogP contribution in [-0.2, 0) is 11.3 Å². The van der Waals surface area contributed by atoms with E-state index in [1.165, 1.54) is 7.11 Å². The highest BCUT2D eigenvalue weighted by atomic mass is 16.5. The van der Waals surface area contributed by atoms with Crippen LogP contribution in [0.4, 0.5) is 4.79 Å². The molecule has 0 saturated heterocycles. The first-order chi connectivity index (χ1) is 9.76. The molecule has 0 aliphatic heterocycles. The number of hydrogen-bond acceptors (Lipinski definition) is 6. The number of carbonyl (C=O) groups excluding carboxylic acids is 1. The molecule has 9 heteroatoms. The van der Waals surface area contributed by atoms with Gasteiger partial charge in [-0.1, -0.05) is 0 Å². The quantitative estimate of drug-likeness (QED) is 0.697. The average molecular weight is 280 g/mol. The van der Waals surface area contributed by atoms with Gasteiger partial charge in [-0.3, -0.25) is 4.40 Å². The number of methoxy groups -OCH3 is 2. The summed E-state index contributed by atoms with van der Waals surface area (Å²) in [7, 11) is 3.08. The highest BCUT2D eigenvalue weighted by Gasteiger charge is 2.11. The van der Waals surface area contributed by atoms with Crippen LogP contribution in [0.25, 0.3) is 5.65 Å². The Labute approximate surface area is 115 Å². The summed E-state index contributed by atoms with van der Waals surface area (Å²) in [5, 5.41) is 13.3. The van der Waals surface area contributed by atoms with Crippen molar-refractivity contribution in [1.82, 2.24) is 30.2 Å². The third kappa shape index (κ3) is 3.12. The third-order valence-electron chi connectivity index (χ3n) is 2.56. The molecule has 20 heavy (non-hydrogen) atoms. The van der Waals surface area contributed by atoms with E-state index in [4.69, 9.17) is 9.47 Å². The Morgan fingerprint density at radius 1 is 1.35 bits per heavy atom. The lowest BCUT2D eigenvalue weighted by molar-refractivity contribution is 0.195. The molecule has 0 spiro atoms. The van der Waals surface area contributed by atoms with E-state index >= 15 is 0 Å². The summed E-state index contributed by atoms with van der Waals surface area (Å²) < 4.78 is 11.6. The first-order valence-electron chi connectivity index (χ1n) is 5.99. The molecule has 2 aromatic rings. The van der Waals surface area contributed by atoms with E-state index in [2.05, 4.69) is 25.8 Å². The van der Waals surface area contributed by atoms with E-state index in [1.807, 2.05) is 0 Å². The summed E-state index contributed by atoms with van der Waals surface area (Å²) >= 11 is 0. The molecule has 2 N–H and O–H groups in total. The molecular weight excluding hydrogens is 264 g/mol. The molecular formula is C11H16N6O3. The van der Waals surface area contributed by atoms with Crippen molar-refractivity contribution < 1.29 is 14.3 Å². The van der Waals surface area contributed by atoms with Gasteiger partial charge in [0.2, 0.25) is 5.65 Å². The zero-order valence-corrected chi connectivity index (χ0v) is 11.3. The SMILES string of the molecule is COCCNC(=O)NCc1nnc2c(OC)nccn12. The van der Waals surface area contributed by atoms with Crippen molar-refractivity contribution in [2.24, 2.45) is 0 Å². The Morgan fingerprint density at radius 2 is 2.20 bits per heavy atom. The van der Waals surface area contributed by atoms with Crippen LogP contribution in [0.3, 0.4) is 0 Å². The molecule has 0 unspecified atom stereocenters. The lowest BCUT2D eigenvalue weighted by Crippen LogP contribution is -2.37. The topological polar surface area (TPSA) is 103 Å². The second kappa shape index (κ2) is 6.66. The van der Waals surface area contributed by atoms with Gasteiger partial charge in [0.25, 0.3) is 5.88 Å². The Balaban J connectivity index is 1.98. The maximum absolute atomic E-state index is 11.5. The molecule has 108 valence electrons. The van der Waals surface area contributed by atoms with Gasteiger partial charge in [-0.15, -0.1) is 10.2 Å². The Hall–Kier alpha value is -2.42. The monoisotopic (exact) mass is 280 g/mol. The van der Waals surface area contributed by atoms with Crippen molar-refractivity contribution in [2.75, 3.05) is 27.4 Å². The molecule has 0 saturated carbocycles. The van der Waals surface area contributed by atoms with Crippen LogP contribution in [-0.4, -0.2) is 53.0 Å². The van der Waals surface area contributed by atoms with Crippen molar-refractivity contribution in [3.8, 4) is 5.88 Å². The molecule has 0 radical (unpaired) electrons. The molecule has 0 fully saturated rings. The van der Waals surface area contributed by atoms with Gasteiger partial charge in [-0.25, -0.2) is 9.78 Å². The molecule has 0 aliphatic rings. The summed E-state index contributed by atoms with van der Waals surface area (Å²) in [5.74, 6) is 0.971. The molecule has 9 nitrogen and oxygen atoms in total. The van der Waals surface area contributed by atoms with E-state index in [0.717, 1.165) is 0 Å². The summed E-state index contributed by atoms with van der Waals surface area (Å²) in [6.45, 7) is 1.15. The van der Waals surface area contributed by atoms with E-state index < -0.39 is 0 Å². The summed E-state index contributed by atoms with van der Waals surface area (Å²) in [4.78, 5) is 15.5. The molecule has 2 rings (SSSR count). The average Bonchev–Trinajstić information content (AvgIpc) is 2.88. The lowest BCUT2D eigenvalue weighted by Gasteiger charge is -2.06.